The molecule has 20 heavy (non-hydrogen) atoms. The van der Waals surface area contributed by atoms with Crippen molar-refractivity contribution in [3.8, 4) is 0 Å². The molecule has 1 aromatic carbocycles. The molecule has 0 nitrogen and oxygen atoms in total. The van der Waals surface area contributed by atoms with Crippen LogP contribution in [0.4, 0.5) is 0 Å². The molecule has 1 aromatic rings. The molecule has 3 rings (SSSR count). The maximum Gasteiger partial charge on any atom is -0.00708 e. The number of aryl methyl sites for hydroxylation is 1. The molecule has 0 unspecified atom stereocenters. The van der Waals surface area contributed by atoms with E-state index in [2.05, 4.69) is 49.6 Å². The number of fused-ring (bicyclic) bond motifs is 1. The molecule has 0 atom stereocenters. The van der Waals surface area contributed by atoms with Gasteiger partial charge in [-0.05, 0) is 59.1 Å². The highest BCUT2D eigenvalue weighted by atomic mass is 14.2. The van der Waals surface area contributed by atoms with Gasteiger partial charge in [-0.25, -0.2) is 0 Å². The molecule has 100 valence electrons. The van der Waals surface area contributed by atoms with E-state index in [-0.39, 0.29) is 0 Å². The first-order valence-electron chi connectivity index (χ1n) is 7.32. The normalized spacial score (nSPS) is 16.5. The highest BCUT2D eigenvalue weighted by Gasteiger charge is 2.18. The van der Waals surface area contributed by atoms with Crippen LogP contribution in [0.3, 0.4) is 0 Å². The zero-order valence-electron chi connectivity index (χ0n) is 11.9. The Balaban J connectivity index is 2.32. The van der Waals surface area contributed by atoms with Gasteiger partial charge in [-0.1, -0.05) is 61.8 Å². The van der Waals surface area contributed by atoms with Crippen molar-refractivity contribution in [3.05, 3.63) is 71.3 Å². The lowest BCUT2D eigenvalue weighted by atomic mass is 9.82. The van der Waals surface area contributed by atoms with Crippen molar-refractivity contribution >= 4 is 23.8 Å². The Bertz CT molecular complexity index is 651. The van der Waals surface area contributed by atoms with Crippen LogP contribution in [0.2, 0.25) is 0 Å². The third kappa shape index (κ3) is 2.12. The molecular formula is C20H20. The molecular weight excluding hydrogens is 240 g/mol. The first-order chi connectivity index (χ1) is 9.85. The monoisotopic (exact) mass is 260 g/mol. The van der Waals surface area contributed by atoms with E-state index >= 15 is 0 Å². The van der Waals surface area contributed by atoms with Crippen LogP contribution in [-0.2, 0) is 6.42 Å². The molecule has 0 amide bonds. The number of hydrogen-bond acceptors (Lipinski definition) is 0. The van der Waals surface area contributed by atoms with Crippen LogP contribution in [0.5, 0.6) is 0 Å². The number of hydrogen-bond donors (Lipinski definition) is 0. The maximum absolute atomic E-state index is 4.03. The fraction of sp³-hybridized carbons (Fsp3) is 0.200. The van der Waals surface area contributed by atoms with Crippen molar-refractivity contribution in [3.63, 3.8) is 0 Å². The van der Waals surface area contributed by atoms with E-state index in [4.69, 9.17) is 0 Å². The van der Waals surface area contributed by atoms with Gasteiger partial charge in [-0.3, -0.25) is 0 Å². The van der Waals surface area contributed by atoms with Crippen LogP contribution in [0.15, 0.2) is 43.5 Å². The van der Waals surface area contributed by atoms with Crippen LogP contribution in [-0.4, -0.2) is 0 Å². The Hall–Kier alpha value is -2.08. The van der Waals surface area contributed by atoms with Crippen molar-refractivity contribution < 1.29 is 0 Å². The van der Waals surface area contributed by atoms with Gasteiger partial charge in [0.1, 0.15) is 0 Å². The molecule has 2 aliphatic carbocycles. The van der Waals surface area contributed by atoms with Gasteiger partial charge >= 0.3 is 0 Å². The van der Waals surface area contributed by atoms with Crippen LogP contribution in [0.1, 0.15) is 47.1 Å². The molecule has 0 radical (unpaired) electrons. The first kappa shape index (κ1) is 12.9. The molecule has 0 N–H and O–H groups in total. The fourth-order valence-corrected chi connectivity index (χ4v) is 3.18. The second-order valence-corrected chi connectivity index (χ2v) is 5.34. The third-order valence-corrected chi connectivity index (χ3v) is 4.15. The molecule has 0 spiro atoms. The molecule has 0 heterocycles. The van der Waals surface area contributed by atoms with Gasteiger partial charge in [0, 0.05) is 0 Å². The van der Waals surface area contributed by atoms with Crippen molar-refractivity contribution in [1.29, 1.82) is 0 Å². The minimum Gasteiger partial charge on any atom is -0.0984 e. The molecule has 0 bridgehead atoms. The highest BCUT2D eigenvalue weighted by Crippen LogP contribution is 2.37. The van der Waals surface area contributed by atoms with Gasteiger partial charge in [0.2, 0.25) is 0 Å². The second-order valence-electron chi connectivity index (χ2n) is 5.34. The van der Waals surface area contributed by atoms with Crippen molar-refractivity contribution in [2.24, 2.45) is 0 Å². The standard InChI is InChI=1S/C20H20/c1-3-15-14-17-12-8-9-13-19(17)20(18(15)4-2)16-10-6-5-7-11-16/h3-6,9-10,13-14H,1-2,7-8,11-12H2. The summed E-state index contributed by atoms with van der Waals surface area (Å²) in [7, 11) is 0. The Morgan fingerprint density at radius 1 is 1.00 bits per heavy atom. The van der Waals surface area contributed by atoms with E-state index in [1.807, 2.05) is 12.2 Å². The summed E-state index contributed by atoms with van der Waals surface area (Å²) >= 11 is 0. The molecule has 0 saturated heterocycles. The summed E-state index contributed by atoms with van der Waals surface area (Å²) in [6.45, 7) is 8.00. The van der Waals surface area contributed by atoms with E-state index < -0.39 is 0 Å². The second kappa shape index (κ2) is 5.50. The summed E-state index contributed by atoms with van der Waals surface area (Å²) in [6.07, 6.45) is 19.7. The summed E-state index contributed by atoms with van der Waals surface area (Å²) in [6, 6.07) is 2.28. The summed E-state index contributed by atoms with van der Waals surface area (Å²) in [4.78, 5) is 0. The van der Waals surface area contributed by atoms with E-state index in [9.17, 15) is 0 Å². The SMILES string of the molecule is C=Cc1cc2c(c(C3=CC=CCC3)c1C=C)C=CCC2. The topological polar surface area (TPSA) is 0 Å². The van der Waals surface area contributed by atoms with Crippen LogP contribution >= 0.6 is 0 Å². The van der Waals surface area contributed by atoms with Gasteiger partial charge in [-0.2, -0.15) is 0 Å². The van der Waals surface area contributed by atoms with Gasteiger partial charge in [0.25, 0.3) is 0 Å². The minimum atomic E-state index is 1.11. The lowest BCUT2D eigenvalue weighted by Gasteiger charge is -2.22. The summed E-state index contributed by atoms with van der Waals surface area (Å²) < 4.78 is 0. The fourth-order valence-electron chi connectivity index (χ4n) is 3.18. The zero-order chi connectivity index (χ0) is 13.9. The maximum atomic E-state index is 4.03. The van der Waals surface area contributed by atoms with Crippen molar-refractivity contribution in [1.82, 2.24) is 0 Å². The van der Waals surface area contributed by atoms with Crippen LogP contribution < -0.4 is 0 Å². The third-order valence-electron chi connectivity index (χ3n) is 4.15. The predicted octanol–water partition coefficient (Wildman–Crippen LogP) is 5.67. The van der Waals surface area contributed by atoms with E-state index in [0.29, 0.717) is 0 Å². The lowest BCUT2D eigenvalue weighted by Crippen LogP contribution is -2.04. The van der Waals surface area contributed by atoms with E-state index in [1.165, 1.54) is 33.4 Å². The van der Waals surface area contributed by atoms with Gasteiger partial charge in [0.15, 0.2) is 0 Å². The quantitative estimate of drug-likeness (QED) is 0.657. The van der Waals surface area contributed by atoms with Gasteiger partial charge in [-0.15, -0.1) is 0 Å². The molecule has 0 fully saturated rings. The minimum absolute atomic E-state index is 1.11. The smallest absolute Gasteiger partial charge is 0.00708 e. The number of allylic oxidation sites excluding steroid dienone is 5. The van der Waals surface area contributed by atoms with Crippen molar-refractivity contribution in [2.75, 3.05) is 0 Å². The van der Waals surface area contributed by atoms with Crippen LogP contribution in [0, 0.1) is 0 Å². The lowest BCUT2D eigenvalue weighted by molar-refractivity contribution is 0.978. The first-order valence-corrected chi connectivity index (χ1v) is 7.32. The molecule has 0 heteroatoms. The van der Waals surface area contributed by atoms with Gasteiger partial charge < -0.3 is 0 Å². The average Bonchev–Trinajstić information content (AvgIpc) is 2.53. The average molecular weight is 260 g/mol. The summed E-state index contributed by atoms with van der Waals surface area (Å²) in [5.41, 5.74) is 8.06. The predicted molar refractivity (Wildman–Crippen MR) is 90.3 cm³/mol. The Labute approximate surface area is 121 Å². The molecule has 0 aliphatic heterocycles. The summed E-state index contributed by atoms with van der Waals surface area (Å²) in [5.74, 6) is 0. The molecule has 2 aliphatic rings. The Morgan fingerprint density at radius 3 is 2.55 bits per heavy atom. The van der Waals surface area contributed by atoms with Crippen molar-refractivity contribution in [2.45, 2.75) is 25.7 Å². The summed E-state index contributed by atoms with van der Waals surface area (Å²) in [5, 5.41) is 0. The largest absolute Gasteiger partial charge is 0.0984 e. The van der Waals surface area contributed by atoms with E-state index in [1.54, 1.807) is 0 Å². The Kier molecular flexibility index (Phi) is 3.56. The van der Waals surface area contributed by atoms with Gasteiger partial charge in [0.05, 0.1) is 0 Å². The highest BCUT2D eigenvalue weighted by molar-refractivity contribution is 5.87. The number of benzene rings is 1. The van der Waals surface area contributed by atoms with E-state index in [0.717, 1.165) is 25.7 Å². The number of rotatable bonds is 3. The molecule has 0 aromatic heterocycles. The molecule has 0 saturated carbocycles. The zero-order valence-corrected chi connectivity index (χ0v) is 11.9. The van der Waals surface area contributed by atoms with Crippen LogP contribution in [0.25, 0.3) is 23.8 Å². The Morgan fingerprint density at radius 2 is 1.85 bits per heavy atom.